The summed E-state index contributed by atoms with van der Waals surface area (Å²) < 4.78 is 50.7. The Kier molecular flexibility index (Phi) is 5.14. The smallest absolute Gasteiger partial charge is 0.229 e. The van der Waals surface area contributed by atoms with Crippen LogP contribution in [0, 0.1) is 17.2 Å². The van der Waals surface area contributed by atoms with Gasteiger partial charge >= 0.3 is 0 Å². The van der Waals surface area contributed by atoms with Gasteiger partial charge in [0, 0.05) is 12.6 Å². The molecule has 1 aromatic rings. The van der Waals surface area contributed by atoms with E-state index in [4.69, 9.17) is 5.26 Å². The van der Waals surface area contributed by atoms with E-state index in [0.29, 0.717) is 6.42 Å². The van der Waals surface area contributed by atoms with Crippen molar-refractivity contribution in [2.24, 2.45) is 5.92 Å². The summed E-state index contributed by atoms with van der Waals surface area (Å²) in [5.41, 5.74) is 0.259. The predicted molar refractivity (Wildman–Crippen MR) is 86.9 cm³/mol. The van der Waals surface area contributed by atoms with Crippen molar-refractivity contribution in [1.82, 2.24) is 4.31 Å². The van der Waals surface area contributed by atoms with Crippen LogP contribution in [0.1, 0.15) is 25.8 Å². The van der Waals surface area contributed by atoms with Gasteiger partial charge in [-0.1, -0.05) is 19.9 Å². The molecule has 0 saturated carbocycles. The monoisotopic (exact) mass is 356 g/mol. The molecule has 6 nitrogen and oxygen atoms in total. The van der Waals surface area contributed by atoms with Gasteiger partial charge in [0.1, 0.15) is 0 Å². The first-order valence-electron chi connectivity index (χ1n) is 7.38. The van der Waals surface area contributed by atoms with Crippen molar-refractivity contribution in [3.8, 4) is 6.07 Å². The van der Waals surface area contributed by atoms with E-state index >= 15 is 0 Å². The molecule has 0 N–H and O–H groups in total. The van der Waals surface area contributed by atoms with Crippen molar-refractivity contribution in [2.45, 2.75) is 31.2 Å². The quantitative estimate of drug-likeness (QED) is 0.794. The van der Waals surface area contributed by atoms with Gasteiger partial charge in [0.2, 0.25) is 10.0 Å². The van der Waals surface area contributed by atoms with Crippen LogP contribution in [0.5, 0.6) is 0 Å². The molecule has 0 aromatic heterocycles. The van der Waals surface area contributed by atoms with Gasteiger partial charge in [-0.15, -0.1) is 0 Å². The van der Waals surface area contributed by atoms with E-state index in [-0.39, 0.29) is 34.4 Å². The molecule has 8 heteroatoms. The van der Waals surface area contributed by atoms with Gasteiger partial charge in [0.05, 0.1) is 28.0 Å². The summed E-state index contributed by atoms with van der Waals surface area (Å²) in [5, 5.41) is 8.95. The molecule has 0 bridgehead atoms. The average Bonchev–Trinajstić information content (AvgIpc) is 2.84. The SMILES string of the molecule is CC(C)CN([C@H]1CCS(=O)(=O)C1)S(=O)(=O)c1cccc(C#N)c1. The lowest BCUT2D eigenvalue weighted by Gasteiger charge is -2.29. The Balaban J connectivity index is 2.43. The molecule has 0 unspecified atom stereocenters. The fraction of sp³-hybridized carbons (Fsp3) is 0.533. The molecule has 0 radical (unpaired) electrons. The van der Waals surface area contributed by atoms with E-state index in [1.54, 1.807) is 0 Å². The Bertz CT molecular complexity index is 823. The largest absolute Gasteiger partial charge is 0.243 e. The Morgan fingerprint density at radius 1 is 1.39 bits per heavy atom. The van der Waals surface area contributed by atoms with Gasteiger partial charge in [-0.3, -0.25) is 0 Å². The number of benzene rings is 1. The third kappa shape index (κ3) is 4.10. The number of nitrogens with zero attached hydrogens (tertiary/aromatic N) is 2. The van der Waals surface area contributed by atoms with Crippen molar-refractivity contribution < 1.29 is 16.8 Å². The molecule has 23 heavy (non-hydrogen) atoms. The highest BCUT2D eigenvalue weighted by molar-refractivity contribution is 7.92. The van der Waals surface area contributed by atoms with E-state index in [1.807, 2.05) is 19.9 Å². The van der Waals surface area contributed by atoms with Crippen molar-refractivity contribution in [3.05, 3.63) is 29.8 Å². The van der Waals surface area contributed by atoms with Crippen molar-refractivity contribution in [2.75, 3.05) is 18.1 Å². The van der Waals surface area contributed by atoms with E-state index < -0.39 is 25.9 Å². The Morgan fingerprint density at radius 2 is 2.09 bits per heavy atom. The number of sulfone groups is 1. The molecule has 126 valence electrons. The fourth-order valence-corrected chi connectivity index (χ4v) is 6.36. The first-order valence-corrected chi connectivity index (χ1v) is 10.6. The average molecular weight is 356 g/mol. The fourth-order valence-electron chi connectivity index (χ4n) is 2.67. The van der Waals surface area contributed by atoms with E-state index in [9.17, 15) is 16.8 Å². The minimum absolute atomic E-state index is 0.0139. The van der Waals surface area contributed by atoms with E-state index in [1.165, 1.54) is 28.6 Å². The lowest BCUT2D eigenvalue weighted by Crippen LogP contribution is -2.43. The van der Waals surface area contributed by atoms with Crippen molar-refractivity contribution in [1.29, 1.82) is 5.26 Å². The van der Waals surface area contributed by atoms with Crippen molar-refractivity contribution in [3.63, 3.8) is 0 Å². The lowest BCUT2D eigenvalue weighted by molar-refractivity contribution is 0.308. The summed E-state index contributed by atoms with van der Waals surface area (Å²) in [6, 6.07) is 7.19. The zero-order chi connectivity index (χ0) is 17.3. The van der Waals surface area contributed by atoms with E-state index in [2.05, 4.69) is 0 Å². The Morgan fingerprint density at radius 3 is 2.61 bits per heavy atom. The number of hydrogen-bond acceptors (Lipinski definition) is 5. The molecule has 0 amide bonds. The molecule has 1 heterocycles. The van der Waals surface area contributed by atoms with Crippen LogP contribution in [0.25, 0.3) is 0 Å². The van der Waals surface area contributed by atoms with Crippen LogP contribution in [0.4, 0.5) is 0 Å². The van der Waals surface area contributed by atoms with Gasteiger partial charge in [-0.25, -0.2) is 16.8 Å². The molecular formula is C15H20N2O4S2. The Hall–Kier alpha value is -1.43. The second-order valence-electron chi connectivity index (χ2n) is 6.17. The molecule has 1 fully saturated rings. The minimum atomic E-state index is -3.84. The normalized spacial score (nSPS) is 20.7. The summed E-state index contributed by atoms with van der Waals surface area (Å²) >= 11 is 0. The molecule has 2 rings (SSSR count). The summed E-state index contributed by atoms with van der Waals surface area (Å²) in [4.78, 5) is 0.0292. The van der Waals surface area contributed by atoms with Gasteiger partial charge < -0.3 is 0 Å². The van der Waals surface area contributed by atoms with Gasteiger partial charge in [0.25, 0.3) is 0 Å². The highest BCUT2D eigenvalue weighted by atomic mass is 32.2. The molecule has 1 aliphatic heterocycles. The maximum absolute atomic E-state index is 13.0. The Labute approximate surface area is 137 Å². The van der Waals surface area contributed by atoms with Crippen LogP contribution in [-0.4, -0.2) is 45.2 Å². The number of rotatable bonds is 5. The maximum Gasteiger partial charge on any atom is 0.243 e. The molecule has 0 aliphatic carbocycles. The highest BCUT2D eigenvalue weighted by Crippen LogP contribution is 2.26. The van der Waals surface area contributed by atoms with Crippen LogP contribution in [0.2, 0.25) is 0 Å². The summed E-state index contributed by atoms with van der Waals surface area (Å²) in [6.07, 6.45) is 0.312. The summed E-state index contributed by atoms with van der Waals surface area (Å²) in [7, 11) is -7.03. The number of hydrogen-bond donors (Lipinski definition) is 0. The maximum atomic E-state index is 13.0. The first kappa shape index (κ1) is 17.9. The number of sulfonamides is 1. The van der Waals surface area contributed by atoms with Gasteiger partial charge in [-0.2, -0.15) is 9.57 Å². The van der Waals surface area contributed by atoms with Crippen LogP contribution in [0.15, 0.2) is 29.2 Å². The van der Waals surface area contributed by atoms with Crippen molar-refractivity contribution >= 4 is 19.9 Å². The van der Waals surface area contributed by atoms with Crippen LogP contribution in [-0.2, 0) is 19.9 Å². The zero-order valence-corrected chi connectivity index (χ0v) is 14.8. The topological polar surface area (TPSA) is 95.3 Å². The summed E-state index contributed by atoms with van der Waals surface area (Å²) in [5.74, 6) is -0.0658. The third-order valence-corrected chi connectivity index (χ3v) is 7.40. The standard InChI is InChI=1S/C15H20N2O4S2/c1-12(2)10-17(14-6-7-22(18,19)11-14)23(20,21)15-5-3-4-13(8-15)9-16/h3-5,8,12,14H,6-7,10-11H2,1-2H3/t14-/m0/s1. The molecule has 1 aromatic carbocycles. The van der Waals surface area contributed by atoms with Crippen LogP contribution < -0.4 is 0 Å². The molecule has 0 spiro atoms. The summed E-state index contributed by atoms with van der Waals surface area (Å²) in [6.45, 7) is 4.02. The zero-order valence-electron chi connectivity index (χ0n) is 13.1. The van der Waals surface area contributed by atoms with Gasteiger partial charge in [0.15, 0.2) is 9.84 Å². The molecule has 1 saturated heterocycles. The first-order chi connectivity index (χ1) is 10.7. The van der Waals surface area contributed by atoms with Crippen LogP contribution >= 0.6 is 0 Å². The number of nitriles is 1. The lowest BCUT2D eigenvalue weighted by atomic mass is 10.2. The predicted octanol–water partition coefficient (Wildman–Crippen LogP) is 1.39. The highest BCUT2D eigenvalue weighted by Gasteiger charge is 2.39. The molecule has 1 atom stereocenters. The molecule has 1 aliphatic rings. The van der Waals surface area contributed by atoms with Crippen LogP contribution in [0.3, 0.4) is 0 Å². The minimum Gasteiger partial charge on any atom is -0.229 e. The molecular weight excluding hydrogens is 336 g/mol. The van der Waals surface area contributed by atoms with E-state index in [0.717, 1.165) is 0 Å². The second kappa shape index (κ2) is 6.59. The third-order valence-electron chi connectivity index (χ3n) is 3.73. The van der Waals surface area contributed by atoms with Gasteiger partial charge in [-0.05, 0) is 30.5 Å². The second-order valence-corrected chi connectivity index (χ2v) is 10.3.